The lowest BCUT2D eigenvalue weighted by Crippen LogP contribution is -2.48. The fourth-order valence-corrected chi connectivity index (χ4v) is 3.16. The van der Waals surface area contributed by atoms with Gasteiger partial charge in [0.1, 0.15) is 0 Å². The van der Waals surface area contributed by atoms with Gasteiger partial charge in [0.2, 0.25) is 0 Å². The normalized spacial score (nSPS) is 19.6. The van der Waals surface area contributed by atoms with Crippen LogP contribution in [0.1, 0.15) is 63.7 Å². The maximum Gasteiger partial charge on any atom is 0.0968 e. The van der Waals surface area contributed by atoms with E-state index in [0.29, 0.717) is 0 Å². The van der Waals surface area contributed by atoms with Gasteiger partial charge in [-0.2, -0.15) is 0 Å². The molecule has 1 aromatic rings. The van der Waals surface area contributed by atoms with Crippen molar-refractivity contribution in [3.05, 3.63) is 35.4 Å². The van der Waals surface area contributed by atoms with E-state index < -0.39 is 6.10 Å². The summed E-state index contributed by atoms with van der Waals surface area (Å²) in [5.41, 5.74) is 2.17. The second-order valence-electron chi connectivity index (χ2n) is 6.55. The number of hydrogen-bond acceptors (Lipinski definition) is 2. The molecule has 0 saturated carbocycles. The van der Waals surface area contributed by atoms with Crippen LogP contribution >= 0.6 is 0 Å². The SMILES string of the molecule is CCc1ccc(C(O)C(C)(C)N2CCCCCC2)cc1. The fraction of sp³-hybridized carbons (Fsp3) is 0.667. The van der Waals surface area contributed by atoms with Gasteiger partial charge in [-0.15, -0.1) is 0 Å². The Morgan fingerprint density at radius 1 is 1.05 bits per heavy atom. The highest BCUT2D eigenvalue weighted by molar-refractivity contribution is 5.26. The molecule has 1 aromatic carbocycles. The Hall–Kier alpha value is -0.860. The summed E-state index contributed by atoms with van der Waals surface area (Å²) in [7, 11) is 0. The molecule has 1 N–H and O–H groups in total. The zero-order valence-corrected chi connectivity index (χ0v) is 13.2. The van der Waals surface area contributed by atoms with Crippen molar-refractivity contribution < 1.29 is 5.11 Å². The first-order valence-electron chi connectivity index (χ1n) is 8.07. The second-order valence-corrected chi connectivity index (χ2v) is 6.55. The second kappa shape index (κ2) is 6.73. The molecule has 2 rings (SSSR count). The van der Waals surface area contributed by atoms with Gasteiger partial charge in [0.25, 0.3) is 0 Å². The molecule has 2 heteroatoms. The van der Waals surface area contributed by atoms with E-state index in [1.165, 1.54) is 31.2 Å². The van der Waals surface area contributed by atoms with Crippen LogP contribution in [0.2, 0.25) is 0 Å². The van der Waals surface area contributed by atoms with Gasteiger partial charge >= 0.3 is 0 Å². The molecule has 1 fully saturated rings. The van der Waals surface area contributed by atoms with E-state index in [1.807, 2.05) is 0 Å². The molecule has 2 nitrogen and oxygen atoms in total. The van der Waals surface area contributed by atoms with Gasteiger partial charge in [-0.25, -0.2) is 0 Å². The van der Waals surface area contributed by atoms with Crippen LogP contribution in [0.4, 0.5) is 0 Å². The highest BCUT2D eigenvalue weighted by Gasteiger charge is 2.35. The molecule has 112 valence electrons. The Labute approximate surface area is 123 Å². The van der Waals surface area contributed by atoms with Crippen molar-refractivity contribution in [2.24, 2.45) is 0 Å². The quantitative estimate of drug-likeness (QED) is 0.899. The van der Waals surface area contributed by atoms with Crippen molar-refractivity contribution in [2.75, 3.05) is 13.1 Å². The highest BCUT2D eigenvalue weighted by atomic mass is 16.3. The van der Waals surface area contributed by atoms with Crippen molar-refractivity contribution in [1.82, 2.24) is 4.90 Å². The van der Waals surface area contributed by atoms with Crippen molar-refractivity contribution >= 4 is 0 Å². The smallest absolute Gasteiger partial charge is 0.0968 e. The lowest BCUT2D eigenvalue weighted by Gasteiger charge is -2.41. The van der Waals surface area contributed by atoms with Crippen LogP contribution in [-0.2, 0) is 6.42 Å². The van der Waals surface area contributed by atoms with Gasteiger partial charge in [-0.1, -0.05) is 44.0 Å². The molecule has 1 unspecified atom stereocenters. The van der Waals surface area contributed by atoms with Gasteiger partial charge in [0.15, 0.2) is 0 Å². The lowest BCUT2D eigenvalue weighted by atomic mass is 9.88. The first kappa shape index (κ1) is 15.5. The van der Waals surface area contributed by atoms with Crippen molar-refractivity contribution in [3.63, 3.8) is 0 Å². The molecule has 1 saturated heterocycles. The van der Waals surface area contributed by atoms with Crippen LogP contribution in [0.15, 0.2) is 24.3 Å². The molecule has 1 heterocycles. The summed E-state index contributed by atoms with van der Waals surface area (Å²) in [4.78, 5) is 2.47. The average molecular weight is 275 g/mol. The number of aryl methyl sites for hydroxylation is 1. The van der Waals surface area contributed by atoms with Crippen LogP contribution in [-0.4, -0.2) is 28.6 Å². The molecule has 0 spiro atoms. The van der Waals surface area contributed by atoms with E-state index in [-0.39, 0.29) is 5.54 Å². The third-order valence-electron chi connectivity index (χ3n) is 4.79. The molecule has 1 aliphatic rings. The fourth-order valence-electron chi connectivity index (χ4n) is 3.16. The maximum atomic E-state index is 10.8. The number of rotatable bonds is 4. The van der Waals surface area contributed by atoms with Crippen LogP contribution in [0.25, 0.3) is 0 Å². The lowest BCUT2D eigenvalue weighted by molar-refractivity contribution is -0.0100. The van der Waals surface area contributed by atoms with Gasteiger partial charge in [-0.3, -0.25) is 4.90 Å². The summed E-state index contributed by atoms with van der Waals surface area (Å²) in [6.45, 7) is 8.73. The first-order chi connectivity index (χ1) is 9.55. The molecule has 1 atom stereocenters. The van der Waals surface area contributed by atoms with Crippen molar-refractivity contribution in [1.29, 1.82) is 0 Å². The minimum Gasteiger partial charge on any atom is -0.386 e. The largest absolute Gasteiger partial charge is 0.386 e. The summed E-state index contributed by atoms with van der Waals surface area (Å²) >= 11 is 0. The van der Waals surface area contributed by atoms with Gasteiger partial charge in [-0.05, 0) is 57.3 Å². The summed E-state index contributed by atoms with van der Waals surface area (Å²) in [6, 6.07) is 8.44. The van der Waals surface area contributed by atoms with Crippen LogP contribution < -0.4 is 0 Å². The van der Waals surface area contributed by atoms with Crippen molar-refractivity contribution in [2.45, 2.75) is 64.5 Å². The minimum absolute atomic E-state index is 0.196. The third kappa shape index (κ3) is 3.42. The summed E-state index contributed by atoms with van der Waals surface area (Å²) in [6.07, 6.45) is 5.79. The summed E-state index contributed by atoms with van der Waals surface area (Å²) < 4.78 is 0. The summed E-state index contributed by atoms with van der Waals surface area (Å²) in [5, 5.41) is 10.8. The number of hydrogen-bond donors (Lipinski definition) is 1. The van der Waals surface area contributed by atoms with Crippen molar-refractivity contribution in [3.8, 4) is 0 Å². The van der Waals surface area contributed by atoms with E-state index in [0.717, 1.165) is 25.1 Å². The Morgan fingerprint density at radius 2 is 1.60 bits per heavy atom. The van der Waals surface area contributed by atoms with E-state index in [4.69, 9.17) is 0 Å². The standard InChI is InChI=1S/C18H29NO/c1-4-15-9-11-16(12-10-15)17(20)18(2,3)19-13-7-5-6-8-14-19/h9-12,17,20H,4-8,13-14H2,1-3H3. The number of benzene rings is 1. The first-order valence-corrected chi connectivity index (χ1v) is 8.07. The number of nitrogens with zero attached hydrogens (tertiary/aromatic N) is 1. The van der Waals surface area contributed by atoms with Gasteiger partial charge in [0, 0.05) is 5.54 Å². The zero-order chi connectivity index (χ0) is 14.6. The monoisotopic (exact) mass is 275 g/mol. The van der Waals surface area contributed by atoms with E-state index in [1.54, 1.807) is 0 Å². The molecular weight excluding hydrogens is 246 g/mol. The molecule has 20 heavy (non-hydrogen) atoms. The van der Waals surface area contributed by atoms with Crippen LogP contribution in [0, 0.1) is 0 Å². The molecule has 1 aliphatic heterocycles. The number of aliphatic hydroxyl groups excluding tert-OH is 1. The topological polar surface area (TPSA) is 23.5 Å². The van der Waals surface area contributed by atoms with E-state index >= 15 is 0 Å². The molecule has 0 amide bonds. The number of likely N-dealkylation sites (tertiary alicyclic amines) is 1. The summed E-state index contributed by atoms with van der Waals surface area (Å²) in [5.74, 6) is 0. The molecular formula is C18H29NO. The van der Waals surface area contributed by atoms with Gasteiger partial charge < -0.3 is 5.11 Å². The molecule has 0 bridgehead atoms. The maximum absolute atomic E-state index is 10.8. The molecule has 0 radical (unpaired) electrons. The van der Waals surface area contributed by atoms with Gasteiger partial charge in [0.05, 0.1) is 6.10 Å². The zero-order valence-electron chi connectivity index (χ0n) is 13.2. The van der Waals surface area contributed by atoms with Crippen LogP contribution in [0.3, 0.4) is 0 Å². The average Bonchev–Trinajstić information content (AvgIpc) is 2.76. The Kier molecular flexibility index (Phi) is 5.22. The number of aliphatic hydroxyl groups is 1. The van der Waals surface area contributed by atoms with E-state index in [9.17, 15) is 5.11 Å². The highest BCUT2D eigenvalue weighted by Crippen LogP contribution is 2.32. The Bertz CT molecular complexity index is 402. The minimum atomic E-state index is -0.425. The Morgan fingerprint density at radius 3 is 2.10 bits per heavy atom. The molecule has 0 aliphatic carbocycles. The third-order valence-corrected chi connectivity index (χ3v) is 4.79. The van der Waals surface area contributed by atoms with E-state index in [2.05, 4.69) is 49.9 Å². The Balaban J connectivity index is 2.13. The molecule has 0 aromatic heterocycles. The predicted octanol–water partition coefficient (Wildman–Crippen LogP) is 3.94. The predicted molar refractivity (Wildman–Crippen MR) is 84.9 cm³/mol. The van der Waals surface area contributed by atoms with Crippen LogP contribution in [0.5, 0.6) is 0 Å².